The monoisotopic (exact) mass is 347 g/mol. The molecule has 0 bridgehead atoms. The molecule has 0 aliphatic rings. The van der Waals surface area contributed by atoms with Crippen LogP contribution in [0.4, 0.5) is 0 Å². The molecule has 0 aliphatic carbocycles. The molecule has 1 atom stereocenters. The highest BCUT2D eigenvalue weighted by molar-refractivity contribution is 9.09. The number of benzene rings is 1. The predicted molar refractivity (Wildman–Crippen MR) is 83.9 cm³/mol. The third-order valence-electron chi connectivity index (χ3n) is 3.01. The van der Waals surface area contributed by atoms with Crippen molar-refractivity contribution in [2.75, 3.05) is 11.9 Å². The summed E-state index contributed by atoms with van der Waals surface area (Å²) in [7, 11) is -3.23. The van der Waals surface area contributed by atoms with E-state index in [1.807, 2.05) is 30.3 Å². The van der Waals surface area contributed by atoms with Crippen LogP contribution in [0.15, 0.2) is 30.3 Å². The van der Waals surface area contributed by atoms with E-state index in [0.717, 1.165) is 30.2 Å². The second-order valence-corrected chi connectivity index (χ2v) is 7.33. The van der Waals surface area contributed by atoms with Crippen LogP contribution in [0, 0.1) is 5.92 Å². The minimum Gasteiger partial charge on any atom is -0.215 e. The lowest BCUT2D eigenvalue weighted by atomic mass is 10.0. The SMILES string of the molecule is CCCC(CCBr)CNS(=O)(=O)Cc1ccccc1. The molecule has 0 radical (unpaired) electrons. The van der Waals surface area contributed by atoms with Crippen molar-refractivity contribution in [2.24, 2.45) is 5.92 Å². The summed E-state index contributed by atoms with van der Waals surface area (Å²) in [4.78, 5) is 0. The summed E-state index contributed by atoms with van der Waals surface area (Å²) < 4.78 is 26.7. The first-order valence-corrected chi connectivity index (χ1v) is 9.42. The Morgan fingerprint density at radius 3 is 2.47 bits per heavy atom. The molecule has 0 saturated heterocycles. The minimum absolute atomic E-state index is 0.0565. The van der Waals surface area contributed by atoms with E-state index in [9.17, 15) is 8.42 Å². The Bertz CT molecular complexity index is 442. The third-order valence-corrected chi connectivity index (χ3v) is 4.78. The fraction of sp³-hybridized carbons (Fsp3) is 0.571. The summed E-state index contributed by atoms with van der Waals surface area (Å²) in [5, 5.41) is 0.915. The zero-order valence-corrected chi connectivity index (χ0v) is 13.7. The molecule has 19 heavy (non-hydrogen) atoms. The Kier molecular flexibility index (Phi) is 7.64. The van der Waals surface area contributed by atoms with Gasteiger partial charge in [-0.1, -0.05) is 59.6 Å². The van der Waals surface area contributed by atoms with Gasteiger partial charge in [-0.05, 0) is 24.3 Å². The lowest BCUT2D eigenvalue weighted by molar-refractivity contribution is 0.459. The fourth-order valence-electron chi connectivity index (χ4n) is 2.00. The van der Waals surface area contributed by atoms with Crippen molar-refractivity contribution >= 4 is 26.0 Å². The van der Waals surface area contributed by atoms with Crippen LogP contribution in [0.1, 0.15) is 31.7 Å². The maximum atomic E-state index is 12.0. The molecule has 1 aromatic rings. The van der Waals surface area contributed by atoms with E-state index in [0.29, 0.717) is 12.5 Å². The smallest absolute Gasteiger partial charge is 0.215 e. The number of rotatable bonds is 9. The molecule has 1 N–H and O–H groups in total. The molecule has 5 heteroatoms. The Labute approximate surface area is 125 Å². The minimum atomic E-state index is -3.23. The van der Waals surface area contributed by atoms with Crippen molar-refractivity contribution in [2.45, 2.75) is 31.9 Å². The summed E-state index contributed by atoms with van der Waals surface area (Å²) in [6.07, 6.45) is 3.14. The molecular formula is C14H22BrNO2S. The van der Waals surface area contributed by atoms with Gasteiger partial charge >= 0.3 is 0 Å². The first-order chi connectivity index (χ1) is 9.07. The summed E-state index contributed by atoms with van der Waals surface area (Å²) in [5.74, 6) is 0.469. The van der Waals surface area contributed by atoms with Crippen LogP contribution in [-0.4, -0.2) is 20.3 Å². The number of hydrogen-bond donors (Lipinski definition) is 1. The molecule has 0 heterocycles. The van der Waals surface area contributed by atoms with Gasteiger partial charge in [0.15, 0.2) is 0 Å². The molecule has 1 rings (SSSR count). The molecule has 0 aliphatic heterocycles. The van der Waals surface area contributed by atoms with Gasteiger partial charge in [-0.25, -0.2) is 13.1 Å². The van der Waals surface area contributed by atoms with E-state index in [1.165, 1.54) is 0 Å². The Hall–Kier alpha value is -0.390. The second kappa shape index (κ2) is 8.72. The topological polar surface area (TPSA) is 46.2 Å². The van der Waals surface area contributed by atoms with Crippen molar-refractivity contribution in [3.63, 3.8) is 0 Å². The average molecular weight is 348 g/mol. The molecule has 1 aromatic carbocycles. The van der Waals surface area contributed by atoms with E-state index in [4.69, 9.17) is 0 Å². The van der Waals surface area contributed by atoms with Crippen LogP contribution >= 0.6 is 15.9 Å². The van der Waals surface area contributed by atoms with E-state index in [1.54, 1.807) is 0 Å². The average Bonchev–Trinajstić information content (AvgIpc) is 2.37. The van der Waals surface area contributed by atoms with Crippen molar-refractivity contribution in [3.8, 4) is 0 Å². The molecule has 0 spiro atoms. The van der Waals surface area contributed by atoms with Gasteiger partial charge < -0.3 is 0 Å². The van der Waals surface area contributed by atoms with Gasteiger partial charge in [0.25, 0.3) is 0 Å². The molecule has 0 amide bonds. The highest BCUT2D eigenvalue weighted by atomic mass is 79.9. The van der Waals surface area contributed by atoms with Crippen LogP contribution in [0.5, 0.6) is 0 Å². The largest absolute Gasteiger partial charge is 0.215 e. The van der Waals surface area contributed by atoms with E-state index >= 15 is 0 Å². The molecule has 0 aromatic heterocycles. The summed E-state index contributed by atoms with van der Waals surface area (Å²) in [5.41, 5.74) is 0.822. The first kappa shape index (κ1) is 16.7. The van der Waals surface area contributed by atoms with Crippen molar-refractivity contribution in [1.29, 1.82) is 0 Å². The molecular weight excluding hydrogens is 326 g/mol. The summed E-state index contributed by atoms with van der Waals surface area (Å²) in [6, 6.07) is 9.27. The molecule has 1 unspecified atom stereocenters. The van der Waals surface area contributed by atoms with Crippen LogP contribution in [-0.2, 0) is 15.8 Å². The maximum absolute atomic E-state index is 12.0. The highest BCUT2D eigenvalue weighted by Crippen LogP contribution is 2.12. The van der Waals surface area contributed by atoms with Gasteiger partial charge in [0.05, 0.1) is 5.75 Å². The van der Waals surface area contributed by atoms with Gasteiger partial charge in [-0.3, -0.25) is 0 Å². The predicted octanol–water partition coefficient (Wildman–Crippen LogP) is 3.31. The van der Waals surface area contributed by atoms with Gasteiger partial charge in [-0.15, -0.1) is 0 Å². The van der Waals surface area contributed by atoms with Gasteiger partial charge in [0, 0.05) is 11.9 Å². The summed E-state index contributed by atoms with van der Waals surface area (Å²) >= 11 is 3.42. The van der Waals surface area contributed by atoms with Crippen LogP contribution in [0.25, 0.3) is 0 Å². The lowest BCUT2D eigenvalue weighted by Crippen LogP contribution is -2.30. The van der Waals surface area contributed by atoms with Gasteiger partial charge in [0.1, 0.15) is 0 Å². The van der Waals surface area contributed by atoms with E-state index in [-0.39, 0.29) is 5.75 Å². The molecule has 0 fully saturated rings. The van der Waals surface area contributed by atoms with Crippen LogP contribution < -0.4 is 4.72 Å². The Balaban J connectivity index is 2.50. The van der Waals surface area contributed by atoms with Crippen molar-refractivity contribution in [1.82, 2.24) is 4.72 Å². The maximum Gasteiger partial charge on any atom is 0.215 e. The zero-order valence-electron chi connectivity index (χ0n) is 11.3. The molecule has 3 nitrogen and oxygen atoms in total. The van der Waals surface area contributed by atoms with Crippen LogP contribution in [0.3, 0.4) is 0 Å². The third kappa shape index (κ3) is 7.09. The number of halogens is 1. The molecule has 108 valence electrons. The van der Waals surface area contributed by atoms with Gasteiger partial charge in [0.2, 0.25) is 10.0 Å². The number of alkyl halides is 1. The highest BCUT2D eigenvalue weighted by Gasteiger charge is 2.14. The second-order valence-electron chi connectivity index (χ2n) is 4.73. The molecule has 0 saturated carbocycles. The first-order valence-electron chi connectivity index (χ1n) is 6.64. The summed E-state index contributed by atoms with van der Waals surface area (Å²) in [6.45, 7) is 2.66. The lowest BCUT2D eigenvalue weighted by Gasteiger charge is -2.15. The van der Waals surface area contributed by atoms with Crippen molar-refractivity contribution < 1.29 is 8.42 Å². The van der Waals surface area contributed by atoms with Gasteiger partial charge in [-0.2, -0.15) is 0 Å². The fourth-order valence-corrected chi connectivity index (χ4v) is 3.87. The number of nitrogens with one attached hydrogen (secondary N) is 1. The van der Waals surface area contributed by atoms with Crippen LogP contribution in [0.2, 0.25) is 0 Å². The Morgan fingerprint density at radius 1 is 1.21 bits per heavy atom. The van der Waals surface area contributed by atoms with E-state index < -0.39 is 10.0 Å². The van der Waals surface area contributed by atoms with E-state index in [2.05, 4.69) is 27.6 Å². The number of hydrogen-bond acceptors (Lipinski definition) is 2. The quantitative estimate of drug-likeness (QED) is 0.696. The standard InChI is InChI=1S/C14H22BrNO2S/c1-2-6-13(9-10-15)11-16-19(17,18)12-14-7-4-3-5-8-14/h3-5,7-8,13,16H,2,6,9-12H2,1H3. The zero-order chi connectivity index (χ0) is 14.1. The van der Waals surface area contributed by atoms with Crippen molar-refractivity contribution in [3.05, 3.63) is 35.9 Å². The Morgan fingerprint density at radius 2 is 1.89 bits per heavy atom. The normalized spacial score (nSPS) is 13.4. The number of sulfonamides is 1.